The summed E-state index contributed by atoms with van der Waals surface area (Å²) in [6, 6.07) is 7.66. The first-order valence-corrected chi connectivity index (χ1v) is 9.42. The third kappa shape index (κ3) is 4.38. The second kappa shape index (κ2) is 8.87. The Morgan fingerprint density at radius 3 is 2.65 bits per heavy atom. The van der Waals surface area contributed by atoms with E-state index in [9.17, 15) is 9.59 Å². The molecule has 0 radical (unpaired) electrons. The molecule has 2 aliphatic carbocycles. The number of halogens is 1. The summed E-state index contributed by atoms with van der Waals surface area (Å²) in [5, 5.41) is 5.97. The number of hydrogen-bond acceptors (Lipinski definition) is 3. The molecular weight excluding hydrogens is 350 g/mol. The molecule has 0 spiro atoms. The number of hydrogen-bond donors (Lipinski definition) is 3. The van der Waals surface area contributed by atoms with Crippen molar-refractivity contribution in [2.24, 2.45) is 29.4 Å². The predicted octanol–water partition coefficient (Wildman–Crippen LogP) is 3.08. The van der Waals surface area contributed by atoms with Crippen LogP contribution in [0.2, 0.25) is 0 Å². The van der Waals surface area contributed by atoms with Gasteiger partial charge in [-0.05, 0) is 55.2 Å². The van der Waals surface area contributed by atoms with Gasteiger partial charge in [-0.3, -0.25) is 9.59 Å². The van der Waals surface area contributed by atoms with Crippen LogP contribution in [-0.4, -0.2) is 17.9 Å². The second-order valence-corrected chi connectivity index (χ2v) is 7.65. The molecule has 0 aliphatic heterocycles. The van der Waals surface area contributed by atoms with Crippen molar-refractivity contribution in [3.05, 3.63) is 29.8 Å². The van der Waals surface area contributed by atoms with Crippen LogP contribution in [0, 0.1) is 23.7 Å². The van der Waals surface area contributed by atoms with Gasteiger partial charge in [-0.25, -0.2) is 0 Å². The van der Waals surface area contributed by atoms with Gasteiger partial charge in [0.15, 0.2) is 0 Å². The lowest BCUT2D eigenvalue weighted by Gasteiger charge is -2.27. The zero-order valence-corrected chi connectivity index (χ0v) is 16.4. The quantitative estimate of drug-likeness (QED) is 0.710. The third-order valence-electron chi connectivity index (χ3n) is 6.00. The van der Waals surface area contributed by atoms with Crippen LogP contribution in [0.1, 0.15) is 45.1 Å². The summed E-state index contributed by atoms with van der Waals surface area (Å²) < 4.78 is 0. The van der Waals surface area contributed by atoms with Gasteiger partial charge < -0.3 is 16.4 Å². The summed E-state index contributed by atoms with van der Waals surface area (Å²) in [5.74, 6) is 1.04. The molecule has 144 valence electrons. The molecular formula is C20H30ClN3O2. The molecule has 5 atom stereocenters. The minimum atomic E-state index is -0.0351. The number of fused-ring (bicyclic) bond motifs is 2. The summed E-state index contributed by atoms with van der Waals surface area (Å²) in [4.78, 5) is 24.6. The van der Waals surface area contributed by atoms with Crippen molar-refractivity contribution in [1.82, 2.24) is 5.32 Å². The molecule has 0 heterocycles. The fourth-order valence-corrected chi connectivity index (χ4v) is 4.24. The van der Waals surface area contributed by atoms with Crippen LogP contribution in [0.15, 0.2) is 24.3 Å². The van der Waals surface area contributed by atoms with E-state index >= 15 is 0 Å². The highest BCUT2D eigenvalue weighted by molar-refractivity contribution is 5.92. The molecule has 2 saturated carbocycles. The number of rotatable bonds is 6. The molecule has 4 N–H and O–H groups in total. The summed E-state index contributed by atoms with van der Waals surface area (Å²) in [6.45, 7) is 4.38. The minimum Gasteiger partial charge on any atom is -0.352 e. The molecule has 5 nitrogen and oxygen atoms in total. The van der Waals surface area contributed by atoms with Gasteiger partial charge in [-0.1, -0.05) is 26.0 Å². The highest BCUT2D eigenvalue weighted by Crippen LogP contribution is 2.47. The van der Waals surface area contributed by atoms with Gasteiger partial charge in [-0.15, -0.1) is 12.4 Å². The average Bonchev–Trinajstić information content (AvgIpc) is 3.20. The van der Waals surface area contributed by atoms with Crippen LogP contribution in [0.4, 0.5) is 5.69 Å². The first-order valence-electron chi connectivity index (χ1n) is 9.42. The van der Waals surface area contributed by atoms with Crippen molar-refractivity contribution in [2.75, 3.05) is 5.32 Å². The fraction of sp³-hybridized carbons (Fsp3) is 0.600. The third-order valence-corrected chi connectivity index (χ3v) is 6.00. The number of amides is 2. The van der Waals surface area contributed by atoms with Gasteiger partial charge >= 0.3 is 0 Å². The van der Waals surface area contributed by atoms with E-state index < -0.39 is 0 Å². The molecule has 2 amide bonds. The van der Waals surface area contributed by atoms with Gasteiger partial charge in [0.2, 0.25) is 11.8 Å². The normalized spacial score (nSPS) is 27.5. The maximum atomic E-state index is 12.5. The standard InChI is InChI=1S/C20H29N3O2.ClH/c1-3-12(2)19(24)23-16-6-4-5-13(9-16)11-22-20(25)17-14-7-8-15(10-14)18(17)21;/h4-6,9,12,14-15,17-18H,3,7-8,10-11,21H2,1-2H3,(H,22,25)(H,23,24);1H. The Morgan fingerprint density at radius 1 is 1.27 bits per heavy atom. The number of carbonyl (C=O) groups is 2. The van der Waals surface area contributed by atoms with E-state index in [-0.39, 0.29) is 42.1 Å². The summed E-state index contributed by atoms with van der Waals surface area (Å²) in [7, 11) is 0. The van der Waals surface area contributed by atoms with Gasteiger partial charge in [0.05, 0.1) is 5.92 Å². The maximum Gasteiger partial charge on any atom is 0.227 e. The molecule has 3 rings (SSSR count). The summed E-state index contributed by atoms with van der Waals surface area (Å²) in [5.41, 5.74) is 8.00. The zero-order valence-electron chi connectivity index (χ0n) is 15.5. The topological polar surface area (TPSA) is 84.2 Å². The molecule has 1 aromatic rings. The van der Waals surface area contributed by atoms with E-state index in [0.29, 0.717) is 18.4 Å². The monoisotopic (exact) mass is 379 g/mol. The number of anilines is 1. The van der Waals surface area contributed by atoms with Crippen molar-refractivity contribution >= 4 is 29.9 Å². The first-order chi connectivity index (χ1) is 12.0. The van der Waals surface area contributed by atoms with Gasteiger partial charge in [0.25, 0.3) is 0 Å². The molecule has 6 heteroatoms. The lowest BCUT2D eigenvalue weighted by molar-refractivity contribution is -0.127. The molecule has 2 aliphatic rings. The van der Waals surface area contributed by atoms with Crippen LogP contribution in [-0.2, 0) is 16.1 Å². The number of carbonyl (C=O) groups excluding carboxylic acids is 2. The van der Waals surface area contributed by atoms with E-state index in [1.165, 1.54) is 6.42 Å². The molecule has 1 aromatic carbocycles. The smallest absolute Gasteiger partial charge is 0.227 e. The van der Waals surface area contributed by atoms with Crippen LogP contribution < -0.4 is 16.4 Å². The molecule has 2 fully saturated rings. The van der Waals surface area contributed by atoms with E-state index in [0.717, 1.165) is 30.5 Å². The van der Waals surface area contributed by atoms with Gasteiger partial charge in [0.1, 0.15) is 0 Å². The molecule has 0 saturated heterocycles. The summed E-state index contributed by atoms with van der Waals surface area (Å²) in [6.07, 6.45) is 4.23. The second-order valence-electron chi connectivity index (χ2n) is 7.65. The number of nitrogens with one attached hydrogen (secondary N) is 2. The predicted molar refractivity (Wildman–Crippen MR) is 106 cm³/mol. The van der Waals surface area contributed by atoms with Crippen molar-refractivity contribution < 1.29 is 9.59 Å². The van der Waals surface area contributed by atoms with Gasteiger partial charge in [0, 0.05) is 24.2 Å². The highest BCUT2D eigenvalue weighted by Gasteiger charge is 2.48. The fourth-order valence-electron chi connectivity index (χ4n) is 4.24. The first kappa shape index (κ1) is 20.7. The Bertz CT molecular complexity index is 650. The summed E-state index contributed by atoms with van der Waals surface area (Å²) >= 11 is 0. The van der Waals surface area contributed by atoms with E-state index in [4.69, 9.17) is 5.73 Å². The number of benzene rings is 1. The largest absolute Gasteiger partial charge is 0.352 e. The van der Waals surface area contributed by atoms with Crippen LogP contribution in [0.5, 0.6) is 0 Å². The Hall–Kier alpha value is -1.59. The Balaban J connectivity index is 0.00000243. The van der Waals surface area contributed by atoms with Crippen LogP contribution in [0.25, 0.3) is 0 Å². The average molecular weight is 380 g/mol. The number of nitrogens with two attached hydrogens (primary N) is 1. The van der Waals surface area contributed by atoms with Crippen molar-refractivity contribution in [3.63, 3.8) is 0 Å². The molecule has 0 aromatic heterocycles. The van der Waals surface area contributed by atoms with E-state index in [1.54, 1.807) is 0 Å². The Kier molecular flexibility index (Phi) is 7.07. The SMILES string of the molecule is CCC(C)C(=O)Nc1cccc(CNC(=O)C2C3CCC(C3)C2N)c1.Cl. The van der Waals surface area contributed by atoms with Crippen LogP contribution >= 0.6 is 12.4 Å². The lowest BCUT2D eigenvalue weighted by atomic mass is 9.84. The van der Waals surface area contributed by atoms with Crippen molar-refractivity contribution in [3.8, 4) is 0 Å². The Labute approximate surface area is 161 Å². The van der Waals surface area contributed by atoms with Gasteiger partial charge in [-0.2, -0.15) is 0 Å². The van der Waals surface area contributed by atoms with Crippen molar-refractivity contribution in [1.29, 1.82) is 0 Å². The zero-order chi connectivity index (χ0) is 18.0. The molecule has 5 unspecified atom stereocenters. The maximum absolute atomic E-state index is 12.5. The molecule has 26 heavy (non-hydrogen) atoms. The van der Waals surface area contributed by atoms with E-state index in [2.05, 4.69) is 10.6 Å². The molecule has 2 bridgehead atoms. The van der Waals surface area contributed by atoms with E-state index in [1.807, 2.05) is 38.1 Å². The highest BCUT2D eigenvalue weighted by atomic mass is 35.5. The van der Waals surface area contributed by atoms with Crippen molar-refractivity contribution in [2.45, 2.75) is 52.1 Å². The minimum absolute atomic E-state index is 0. The Morgan fingerprint density at radius 2 is 2.00 bits per heavy atom. The lowest BCUT2D eigenvalue weighted by Crippen LogP contribution is -2.45. The van der Waals surface area contributed by atoms with Crippen LogP contribution in [0.3, 0.4) is 0 Å².